The maximum absolute atomic E-state index is 13.6. The summed E-state index contributed by atoms with van der Waals surface area (Å²) < 4.78 is 1.81. The number of rotatable bonds is 2. The van der Waals surface area contributed by atoms with Gasteiger partial charge < -0.3 is 4.90 Å². The summed E-state index contributed by atoms with van der Waals surface area (Å²) in [6.45, 7) is 4.88. The number of amides is 1. The fourth-order valence-electron chi connectivity index (χ4n) is 4.16. The van der Waals surface area contributed by atoms with Gasteiger partial charge in [0, 0.05) is 30.1 Å². The standard InChI is InChI=1S/C20H22N4OS/c1-11-18-15(10-16(13-4-5-13)21-19(18)23(3)22-11)20(25)24-8-6-17-14(12(24)2)7-9-26-17/h7,9-10,12-13H,4-6,8H2,1-3H3/t12-/m0/s1. The number of fused-ring (bicyclic) bond motifs is 2. The zero-order chi connectivity index (χ0) is 18.0. The van der Waals surface area contributed by atoms with Crippen molar-refractivity contribution >= 4 is 28.3 Å². The molecular weight excluding hydrogens is 344 g/mol. The summed E-state index contributed by atoms with van der Waals surface area (Å²) in [7, 11) is 1.91. The minimum absolute atomic E-state index is 0.111. The first-order valence-electron chi connectivity index (χ1n) is 9.26. The van der Waals surface area contributed by atoms with E-state index in [9.17, 15) is 4.79 Å². The fourth-order valence-corrected chi connectivity index (χ4v) is 5.13. The number of carbonyl (C=O) groups excluding carboxylic acids is 1. The van der Waals surface area contributed by atoms with Gasteiger partial charge in [-0.1, -0.05) is 0 Å². The Morgan fingerprint density at radius 3 is 2.92 bits per heavy atom. The average molecular weight is 366 g/mol. The van der Waals surface area contributed by atoms with Crippen LogP contribution in [0.2, 0.25) is 0 Å². The molecule has 1 saturated carbocycles. The molecule has 0 bridgehead atoms. The molecule has 0 radical (unpaired) electrons. The van der Waals surface area contributed by atoms with Gasteiger partial charge in [-0.25, -0.2) is 4.98 Å². The highest BCUT2D eigenvalue weighted by Crippen LogP contribution is 2.41. The number of nitrogens with zero attached hydrogens (tertiary/aromatic N) is 4. The van der Waals surface area contributed by atoms with E-state index in [4.69, 9.17) is 4.98 Å². The molecule has 0 N–H and O–H groups in total. The third-order valence-corrected chi connectivity index (χ3v) is 6.75. The maximum atomic E-state index is 13.6. The first kappa shape index (κ1) is 16.0. The molecule has 3 aromatic rings. The van der Waals surface area contributed by atoms with E-state index in [0.717, 1.165) is 41.0 Å². The van der Waals surface area contributed by atoms with E-state index in [2.05, 4.69) is 23.5 Å². The largest absolute Gasteiger partial charge is 0.331 e. The minimum atomic E-state index is 0.111. The molecule has 26 heavy (non-hydrogen) atoms. The van der Waals surface area contributed by atoms with E-state index in [1.54, 1.807) is 11.3 Å². The Hall–Kier alpha value is -2.21. The second kappa shape index (κ2) is 5.64. The lowest BCUT2D eigenvalue weighted by Crippen LogP contribution is -2.38. The van der Waals surface area contributed by atoms with Crippen molar-refractivity contribution in [3.8, 4) is 0 Å². The molecule has 5 nitrogen and oxygen atoms in total. The summed E-state index contributed by atoms with van der Waals surface area (Å²) in [5.74, 6) is 0.614. The molecule has 134 valence electrons. The van der Waals surface area contributed by atoms with E-state index in [-0.39, 0.29) is 11.9 Å². The van der Waals surface area contributed by atoms with Gasteiger partial charge >= 0.3 is 0 Å². The van der Waals surface area contributed by atoms with Crippen LogP contribution in [0.1, 0.15) is 63.9 Å². The zero-order valence-corrected chi connectivity index (χ0v) is 16.1. The Labute approximate surface area is 156 Å². The second-order valence-electron chi connectivity index (χ2n) is 7.50. The molecule has 1 aliphatic heterocycles. The number of hydrogen-bond donors (Lipinski definition) is 0. The topological polar surface area (TPSA) is 51.0 Å². The van der Waals surface area contributed by atoms with Crippen LogP contribution in [0.15, 0.2) is 17.5 Å². The van der Waals surface area contributed by atoms with Crippen LogP contribution in [0.25, 0.3) is 11.0 Å². The van der Waals surface area contributed by atoms with Crippen molar-refractivity contribution in [2.24, 2.45) is 7.05 Å². The van der Waals surface area contributed by atoms with Crippen LogP contribution in [-0.4, -0.2) is 32.1 Å². The fraction of sp³-hybridized carbons (Fsp3) is 0.450. The van der Waals surface area contributed by atoms with Gasteiger partial charge in [0.05, 0.1) is 22.7 Å². The first-order valence-corrected chi connectivity index (χ1v) is 10.1. The minimum Gasteiger partial charge on any atom is -0.331 e. The third-order valence-electron chi connectivity index (χ3n) is 5.75. The molecule has 1 atom stereocenters. The van der Waals surface area contributed by atoms with Gasteiger partial charge in [0.1, 0.15) is 0 Å². The smallest absolute Gasteiger partial charge is 0.255 e. The van der Waals surface area contributed by atoms with Gasteiger partial charge in [-0.3, -0.25) is 9.48 Å². The van der Waals surface area contributed by atoms with Gasteiger partial charge in [0.15, 0.2) is 5.65 Å². The summed E-state index contributed by atoms with van der Waals surface area (Å²) in [6.07, 6.45) is 3.28. The van der Waals surface area contributed by atoms with Gasteiger partial charge in [0.25, 0.3) is 5.91 Å². The predicted molar refractivity (Wildman–Crippen MR) is 103 cm³/mol. The summed E-state index contributed by atoms with van der Waals surface area (Å²) in [4.78, 5) is 21.8. The Morgan fingerprint density at radius 1 is 1.35 bits per heavy atom. The molecular formula is C20H22N4OS. The van der Waals surface area contributed by atoms with E-state index in [0.29, 0.717) is 5.92 Å². The normalized spacial score (nSPS) is 19.8. The number of aryl methyl sites for hydroxylation is 2. The summed E-state index contributed by atoms with van der Waals surface area (Å²) in [5.41, 5.74) is 4.82. The highest BCUT2D eigenvalue weighted by atomic mass is 32.1. The number of carbonyl (C=O) groups is 1. The Morgan fingerprint density at radius 2 is 2.15 bits per heavy atom. The predicted octanol–water partition coefficient (Wildman–Crippen LogP) is 3.98. The molecule has 0 aromatic carbocycles. The van der Waals surface area contributed by atoms with Crippen molar-refractivity contribution in [2.45, 2.75) is 45.1 Å². The summed E-state index contributed by atoms with van der Waals surface area (Å²) in [5, 5.41) is 7.57. The van der Waals surface area contributed by atoms with Crippen LogP contribution in [0, 0.1) is 6.92 Å². The number of hydrogen-bond acceptors (Lipinski definition) is 4. The molecule has 1 fully saturated rings. The molecule has 3 aromatic heterocycles. The van der Waals surface area contributed by atoms with Crippen molar-refractivity contribution in [2.75, 3.05) is 6.54 Å². The highest BCUT2D eigenvalue weighted by molar-refractivity contribution is 7.10. The second-order valence-corrected chi connectivity index (χ2v) is 8.50. The van der Waals surface area contributed by atoms with E-state index < -0.39 is 0 Å². The molecule has 6 heteroatoms. The average Bonchev–Trinajstić information content (AvgIpc) is 3.30. The van der Waals surface area contributed by atoms with E-state index in [1.807, 2.05) is 29.6 Å². The molecule has 5 rings (SSSR count). The van der Waals surface area contributed by atoms with Crippen molar-refractivity contribution in [1.82, 2.24) is 19.7 Å². The monoisotopic (exact) mass is 366 g/mol. The molecule has 1 amide bonds. The van der Waals surface area contributed by atoms with Crippen LogP contribution in [0.3, 0.4) is 0 Å². The Kier molecular flexibility index (Phi) is 3.47. The maximum Gasteiger partial charge on any atom is 0.255 e. The lowest BCUT2D eigenvalue weighted by Gasteiger charge is -2.34. The van der Waals surface area contributed by atoms with E-state index >= 15 is 0 Å². The van der Waals surface area contributed by atoms with Crippen LogP contribution >= 0.6 is 11.3 Å². The summed E-state index contributed by atoms with van der Waals surface area (Å²) >= 11 is 1.80. The lowest BCUT2D eigenvalue weighted by atomic mass is 9.99. The van der Waals surface area contributed by atoms with Crippen molar-refractivity contribution in [3.63, 3.8) is 0 Å². The third kappa shape index (κ3) is 2.31. The lowest BCUT2D eigenvalue weighted by molar-refractivity contribution is 0.0681. The molecule has 2 aliphatic rings. The number of thiophene rings is 1. The van der Waals surface area contributed by atoms with Crippen LogP contribution in [0.5, 0.6) is 0 Å². The van der Waals surface area contributed by atoms with Gasteiger partial charge in [-0.2, -0.15) is 5.10 Å². The molecule has 0 saturated heterocycles. The van der Waals surface area contributed by atoms with Gasteiger partial charge in [-0.15, -0.1) is 11.3 Å². The SMILES string of the molecule is Cc1nn(C)c2nc(C3CC3)cc(C(=O)N3CCc4sccc4[C@@H]3C)c12. The first-order chi connectivity index (χ1) is 12.5. The van der Waals surface area contributed by atoms with Crippen LogP contribution in [-0.2, 0) is 13.5 Å². The Bertz CT molecular complexity index is 1030. The molecule has 4 heterocycles. The van der Waals surface area contributed by atoms with Gasteiger partial charge in [-0.05, 0) is 56.2 Å². The van der Waals surface area contributed by atoms with Crippen molar-refractivity contribution in [1.29, 1.82) is 0 Å². The Balaban J connectivity index is 1.63. The van der Waals surface area contributed by atoms with Crippen molar-refractivity contribution in [3.05, 3.63) is 44.9 Å². The van der Waals surface area contributed by atoms with E-state index in [1.165, 1.54) is 23.3 Å². The van der Waals surface area contributed by atoms with Gasteiger partial charge in [0.2, 0.25) is 0 Å². The molecule has 1 aliphatic carbocycles. The number of pyridine rings is 1. The summed E-state index contributed by atoms with van der Waals surface area (Å²) in [6, 6.07) is 4.31. The van der Waals surface area contributed by atoms with Crippen molar-refractivity contribution < 1.29 is 4.79 Å². The molecule has 0 spiro atoms. The molecule has 0 unspecified atom stereocenters. The highest BCUT2D eigenvalue weighted by Gasteiger charge is 2.33. The quantitative estimate of drug-likeness (QED) is 0.689. The van der Waals surface area contributed by atoms with Crippen LogP contribution in [0.4, 0.5) is 0 Å². The number of aromatic nitrogens is 3. The zero-order valence-electron chi connectivity index (χ0n) is 15.3. The van der Waals surface area contributed by atoms with Crippen LogP contribution < -0.4 is 0 Å².